The van der Waals surface area contributed by atoms with E-state index in [-0.39, 0.29) is 17.0 Å². The second-order valence-electron chi connectivity index (χ2n) is 7.92. The van der Waals surface area contributed by atoms with E-state index in [1.807, 2.05) is 6.07 Å². The molecule has 0 bridgehead atoms. The summed E-state index contributed by atoms with van der Waals surface area (Å²) in [5.74, 6) is -1.96. The van der Waals surface area contributed by atoms with E-state index in [0.29, 0.717) is 11.1 Å². The minimum absolute atomic E-state index is 0.0471. The molecule has 0 fully saturated rings. The summed E-state index contributed by atoms with van der Waals surface area (Å²) in [7, 11) is -4.01. The lowest BCUT2D eigenvalue weighted by molar-refractivity contribution is 0.0277. The normalized spacial score (nSPS) is 12.0. The molecule has 4 aromatic rings. The second kappa shape index (κ2) is 11.0. The van der Waals surface area contributed by atoms with Crippen molar-refractivity contribution < 1.29 is 27.9 Å². The third-order valence-corrected chi connectivity index (χ3v) is 6.83. The number of phenols is 1. The number of hydrogen-bond acceptors (Lipinski definition) is 6. The Morgan fingerprint density at radius 3 is 2.03 bits per heavy atom. The maximum Gasteiger partial charge on any atom is 0.343 e. The van der Waals surface area contributed by atoms with Crippen LogP contribution in [0.5, 0.6) is 5.75 Å². The summed E-state index contributed by atoms with van der Waals surface area (Å²) in [5.41, 5.74) is 1.15. The number of rotatable bonds is 9. The Hall–Kier alpha value is -4.27. The second-order valence-corrected chi connectivity index (χ2v) is 9.68. The van der Waals surface area contributed by atoms with Gasteiger partial charge in [-0.25, -0.2) is 17.9 Å². The van der Waals surface area contributed by atoms with Crippen molar-refractivity contribution in [2.45, 2.75) is 17.5 Å². The van der Waals surface area contributed by atoms with E-state index in [0.717, 1.165) is 17.7 Å². The van der Waals surface area contributed by atoms with Gasteiger partial charge in [-0.05, 0) is 23.8 Å². The summed E-state index contributed by atoms with van der Waals surface area (Å²) >= 11 is 0. The van der Waals surface area contributed by atoms with Crippen molar-refractivity contribution in [2.24, 2.45) is 0 Å². The summed E-state index contributed by atoms with van der Waals surface area (Å²) < 4.78 is 33.7. The molecule has 2 N–H and O–H groups in total. The number of sulfonamides is 1. The molecule has 182 valence electrons. The smallest absolute Gasteiger partial charge is 0.343 e. The van der Waals surface area contributed by atoms with Crippen molar-refractivity contribution in [1.82, 2.24) is 4.72 Å². The first kappa shape index (κ1) is 24.8. The maximum absolute atomic E-state index is 13.2. The highest BCUT2D eigenvalue weighted by atomic mass is 32.2. The predicted molar refractivity (Wildman–Crippen MR) is 134 cm³/mol. The summed E-state index contributed by atoms with van der Waals surface area (Å²) in [4.78, 5) is 26.1. The van der Waals surface area contributed by atoms with Crippen LogP contribution in [-0.2, 0) is 21.3 Å². The van der Waals surface area contributed by atoms with Crippen LogP contribution in [0, 0.1) is 0 Å². The highest BCUT2D eigenvalue weighted by Crippen LogP contribution is 2.28. The van der Waals surface area contributed by atoms with Crippen molar-refractivity contribution in [2.75, 3.05) is 0 Å². The van der Waals surface area contributed by atoms with Gasteiger partial charge in [-0.1, -0.05) is 91.0 Å². The lowest BCUT2D eigenvalue weighted by Crippen LogP contribution is -2.24. The number of nitrogens with one attached hydrogen (secondary N) is 1. The lowest BCUT2D eigenvalue weighted by atomic mass is 9.99. The Morgan fingerprint density at radius 2 is 1.39 bits per heavy atom. The lowest BCUT2D eigenvalue weighted by Gasteiger charge is -2.18. The number of carbonyl (C=O) groups excluding carboxylic acids is 2. The Balaban J connectivity index is 1.60. The zero-order chi connectivity index (χ0) is 25.5. The van der Waals surface area contributed by atoms with Crippen LogP contribution in [0.25, 0.3) is 0 Å². The van der Waals surface area contributed by atoms with Gasteiger partial charge >= 0.3 is 5.97 Å². The predicted octanol–water partition coefficient (Wildman–Crippen LogP) is 4.65. The Labute approximate surface area is 209 Å². The van der Waals surface area contributed by atoms with E-state index in [1.165, 1.54) is 6.07 Å². The van der Waals surface area contributed by atoms with E-state index in [2.05, 4.69) is 4.72 Å². The number of benzene rings is 4. The zero-order valence-electron chi connectivity index (χ0n) is 19.1. The van der Waals surface area contributed by atoms with Gasteiger partial charge in [0.05, 0.1) is 4.90 Å². The molecule has 36 heavy (non-hydrogen) atoms. The van der Waals surface area contributed by atoms with E-state index in [1.54, 1.807) is 84.9 Å². The fourth-order valence-electron chi connectivity index (χ4n) is 3.53. The van der Waals surface area contributed by atoms with Crippen molar-refractivity contribution in [3.63, 3.8) is 0 Å². The third kappa shape index (κ3) is 5.86. The van der Waals surface area contributed by atoms with Gasteiger partial charge in [-0.15, -0.1) is 0 Å². The van der Waals surface area contributed by atoms with Gasteiger partial charge in [0.1, 0.15) is 11.3 Å². The number of aromatic hydroxyl groups is 1. The largest absolute Gasteiger partial charge is 0.507 e. The van der Waals surface area contributed by atoms with Crippen LogP contribution in [0.1, 0.15) is 37.9 Å². The molecular formula is C28H23NO6S. The number of hydrogen-bond donors (Lipinski definition) is 2. The average molecular weight is 502 g/mol. The minimum Gasteiger partial charge on any atom is -0.507 e. The highest BCUT2D eigenvalue weighted by molar-refractivity contribution is 7.89. The van der Waals surface area contributed by atoms with Crippen molar-refractivity contribution in [3.8, 4) is 5.75 Å². The molecule has 0 aliphatic carbocycles. The van der Waals surface area contributed by atoms with Crippen LogP contribution < -0.4 is 4.72 Å². The van der Waals surface area contributed by atoms with Crippen molar-refractivity contribution in [3.05, 3.63) is 131 Å². The monoisotopic (exact) mass is 501 g/mol. The summed E-state index contributed by atoms with van der Waals surface area (Å²) in [6.45, 7) is 0.0471. The van der Waals surface area contributed by atoms with Gasteiger partial charge in [0.15, 0.2) is 6.10 Å². The van der Waals surface area contributed by atoms with E-state index in [4.69, 9.17) is 4.74 Å². The first-order chi connectivity index (χ1) is 17.3. The van der Waals surface area contributed by atoms with E-state index >= 15 is 0 Å². The van der Waals surface area contributed by atoms with Crippen LogP contribution in [0.2, 0.25) is 0 Å². The maximum atomic E-state index is 13.2. The average Bonchev–Trinajstić information content (AvgIpc) is 2.92. The Bertz CT molecular complexity index is 1460. The molecule has 0 saturated carbocycles. The van der Waals surface area contributed by atoms with Crippen molar-refractivity contribution >= 4 is 21.8 Å². The number of Topliss-reactive ketones (excluding diaryl/α,β-unsaturated/α-hetero) is 1. The quantitative estimate of drug-likeness (QED) is 0.255. The Kier molecular flexibility index (Phi) is 7.58. The van der Waals surface area contributed by atoms with Crippen molar-refractivity contribution in [1.29, 1.82) is 0 Å². The molecule has 0 aliphatic rings. The van der Waals surface area contributed by atoms with Gasteiger partial charge in [-0.2, -0.15) is 0 Å². The minimum atomic E-state index is -4.01. The molecule has 1 unspecified atom stereocenters. The first-order valence-electron chi connectivity index (χ1n) is 11.1. The first-order valence-corrected chi connectivity index (χ1v) is 12.6. The summed E-state index contributed by atoms with van der Waals surface area (Å²) in [6, 6.07) is 29.1. The van der Waals surface area contributed by atoms with E-state index < -0.39 is 33.6 Å². The van der Waals surface area contributed by atoms with Gasteiger partial charge in [0, 0.05) is 17.7 Å². The fraction of sp³-hybridized carbons (Fsp3) is 0.0714. The molecule has 0 spiro atoms. The number of ketones is 1. The van der Waals surface area contributed by atoms with Crippen LogP contribution in [0.4, 0.5) is 0 Å². The molecule has 7 nitrogen and oxygen atoms in total. The van der Waals surface area contributed by atoms with E-state index in [9.17, 15) is 23.1 Å². The van der Waals surface area contributed by atoms with Crippen LogP contribution >= 0.6 is 0 Å². The molecule has 4 aromatic carbocycles. The van der Waals surface area contributed by atoms with Gasteiger partial charge in [0.25, 0.3) is 0 Å². The highest BCUT2D eigenvalue weighted by Gasteiger charge is 2.28. The molecule has 0 aromatic heterocycles. The molecule has 0 heterocycles. The molecule has 0 amide bonds. The van der Waals surface area contributed by atoms with Crippen LogP contribution in [0.15, 0.2) is 114 Å². The SMILES string of the molecule is O=C(OC(C(=O)c1ccccc1)c1ccccc1)c1cc(S(=O)(=O)NCc2ccccc2)ccc1O. The molecule has 4 rings (SSSR count). The van der Waals surface area contributed by atoms with Gasteiger partial charge in [0.2, 0.25) is 15.8 Å². The van der Waals surface area contributed by atoms with Crippen LogP contribution in [-0.4, -0.2) is 25.3 Å². The number of ether oxygens (including phenoxy) is 1. The third-order valence-electron chi connectivity index (χ3n) is 5.43. The molecule has 8 heteroatoms. The van der Waals surface area contributed by atoms with Gasteiger partial charge in [-0.3, -0.25) is 4.79 Å². The molecule has 0 radical (unpaired) electrons. The van der Waals surface area contributed by atoms with Crippen LogP contribution in [0.3, 0.4) is 0 Å². The summed E-state index contributed by atoms with van der Waals surface area (Å²) in [6.07, 6.45) is -1.29. The number of carbonyl (C=O) groups is 2. The molecule has 0 saturated heterocycles. The summed E-state index contributed by atoms with van der Waals surface area (Å²) in [5, 5.41) is 10.3. The standard InChI is InChI=1S/C28H23NO6S/c30-25-17-16-23(36(33,34)29-19-20-10-4-1-5-11-20)18-24(25)28(32)35-27(22-14-8-3-9-15-22)26(31)21-12-6-2-7-13-21/h1-18,27,29-30H,19H2. The zero-order valence-corrected chi connectivity index (χ0v) is 19.9. The molecule has 0 aliphatic heterocycles. The number of esters is 1. The Morgan fingerprint density at radius 1 is 0.806 bits per heavy atom. The topological polar surface area (TPSA) is 110 Å². The number of phenolic OH excluding ortho intramolecular Hbond substituents is 1. The fourth-order valence-corrected chi connectivity index (χ4v) is 4.57. The molecule has 1 atom stereocenters. The molecular weight excluding hydrogens is 478 g/mol. The van der Waals surface area contributed by atoms with Gasteiger partial charge < -0.3 is 9.84 Å².